The smallest absolute Gasteiger partial charge is 0.0281 e. The third kappa shape index (κ3) is 3.90. The van der Waals surface area contributed by atoms with E-state index in [4.69, 9.17) is 0 Å². The van der Waals surface area contributed by atoms with Crippen LogP contribution < -0.4 is 10.6 Å². The van der Waals surface area contributed by atoms with Crippen molar-refractivity contribution in [2.75, 3.05) is 7.05 Å². The van der Waals surface area contributed by atoms with Crippen LogP contribution in [0.2, 0.25) is 0 Å². The van der Waals surface area contributed by atoms with Crippen molar-refractivity contribution < 1.29 is 0 Å². The van der Waals surface area contributed by atoms with Gasteiger partial charge >= 0.3 is 0 Å². The Kier molecular flexibility index (Phi) is 6.09. The van der Waals surface area contributed by atoms with Crippen LogP contribution in [0.1, 0.15) is 39.5 Å². The predicted octanol–water partition coefficient (Wildman–Crippen LogP) is 5.18. The molecule has 24 heavy (non-hydrogen) atoms. The summed E-state index contributed by atoms with van der Waals surface area (Å²) in [5, 5.41) is 2.93. The van der Waals surface area contributed by atoms with Gasteiger partial charge < -0.3 is 0 Å². The Morgan fingerprint density at radius 3 is 1.83 bits per heavy atom. The van der Waals surface area contributed by atoms with Gasteiger partial charge in [-0.2, -0.15) is 0 Å². The summed E-state index contributed by atoms with van der Waals surface area (Å²) >= 11 is 0. The van der Waals surface area contributed by atoms with Crippen LogP contribution in [-0.4, -0.2) is 17.8 Å². The van der Waals surface area contributed by atoms with Crippen molar-refractivity contribution >= 4 is 18.7 Å². The molecule has 0 amide bonds. The van der Waals surface area contributed by atoms with Gasteiger partial charge in [0.1, 0.15) is 0 Å². The van der Waals surface area contributed by atoms with E-state index in [9.17, 15) is 0 Å². The van der Waals surface area contributed by atoms with Crippen LogP contribution in [0.25, 0.3) is 0 Å². The predicted molar refractivity (Wildman–Crippen MR) is 107 cm³/mol. The van der Waals surface area contributed by atoms with Crippen LogP contribution in [0.5, 0.6) is 0 Å². The Hall–Kier alpha value is -1.17. The maximum atomic E-state index is 2.73. The molecule has 1 nitrogen and oxygen atoms in total. The summed E-state index contributed by atoms with van der Waals surface area (Å²) in [6.45, 7) is 4.81. The Morgan fingerprint density at radius 1 is 0.833 bits per heavy atom. The van der Waals surface area contributed by atoms with E-state index in [1.54, 1.807) is 0 Å². The van der Waals surface area contributed by atoms with Crippen molar-refractivity contribution in [1.82, 2.24) is 4.67 Å². The molecule has 2 aromatic rings. The minimum absolute atomic E-state index is 0.453. The molecule has 2 heteroatoms. The normalized spacial score (nSPS) is 21.6. The first-order valence-corrected chi connectivity index (χ1v) is 10.6. The average Bonchev–Trinajstić information content (AvgIpc) is 2.63. The molecule has 1 aliphatic rings. The van der Waals surface area contributed by atoms with E-state index in [1.165, 1.54) is 36.3 Å². The highest BCUT2D eigenvalue weighted by atomic mass is 31.1. The molecule has 0 aliphatic heterocycles. The number of hydrogen-bond acceptors (Lipinski definition) is 1. The van der Waals surface area contributed by atoms with E-state index in [0.29, 0.717) is 6.04 Å². The fraction of sp³-hybridized carbons (Fsp3) is 0.455. The Labute approximate surface area is 148 Å². The minimum Gasteiger partial charge on any atom is -0.275 e. The fourth-order valence-corrected chi connectivity index (χ4v) is 6.70. The van der Waals surface area contributed by atoms with E-state index in [0.717, 1.165) is 11.8 Å². The van der Waals surface area contributed by atoms with Crippen LogP contribution >= 0.6 is 8.07 Å². The molecular weight excluding hydrogens is 309 g/mol. The highest BCUT2D eigenvalue weighted by molar-refractivity contribution is 7.70. The van der Waals surface area contributed by atoms with Gasteiger partial charge in [0.25, 0.3) is 0 Å². The second-order valence-corrected chi connectivity index (χ2v) is 9.60. The largest absolute Gasteiger partial charge is 0.275 e. The zero-order chi connectivity index (χ0) is 16.9. The van der Waals surface area contributed by atoms with Gasteiger partial charge in [-0.25, -0.2) is 0 Å². The molecule has 0 saturated heterocycles. The number of hydrogen-bond donors (Lipinski definition) is 0. The lowest BCUT2D eigenvalue weighted by Gasteiger charge is -2.43. The summed E-state index contributed by atoms with van der Waals surface area (Å²) < 4.78 is 2.73. The molecule has 3 rings (SSSR count). The molecule has 1 aliphatic carbocycles. The number of benzene rings is 2. The summed E-state index contributed by atoms with van der Waals surface area (Å²) in [7, 11) is 1.92. The maximum Gasteiger partial charge on any atom is 0.0281 e. The van der Waals surface area contributed by atoms with E-state index in [1.807, 2.05) is 0 Å². The molecule has 1 saturated carbocycles. The SMILES string of the molecule is CC(C)[C@@H]1CCCC[C@H]1N(C)P(c1ccccc1)c1ccccc1. The van der Waals surface area contributed by atoms with Crippen LogP contribution in [0.15, 0.2) is 60.7 Å². The van der Waals surface area contributed by atoms with Gasteiger partial charge in [-0.3, -0.25) is 4.67 Å². The van der Waals surface area contributed by atoms with Crippen molar-refractivity contribution in [3.8, 4) is 0 Å². The first kappa shape index (κ1) is 17.6. The van der Waals surface area contributed by atoms with E-state index in [-0.39, 0.29) is 0 Å². The van der Waals surface area contributed by atoms with Crippen LogP contribution in [0, 0.1) is 11.8 Å². The fourth-order valence-electron chi connectivity index (χ4n) is 4.18. The first-order valence-electron chi connectivity index (χ1n) is 9.31. The molecule has 0 heterocycles. The van der Waals surface area contributed by atoms with Crippen LogP contribution in [-0.2, 0) is 0 Å². The van der Waals surface area contributed by atoms with Gasteiger partial charge in [0.05, 0.1) is 0 Å². The highest BCUT2D eigenvalue weighted by Crippen LogP contribution is 2.44. The second kappa shape index (κ2) is 8.28. The molecule has 2 atom stereocenters. The molecular formula is C22H30NP. The summed E-state index contributed by atoms with van der Waals surface area (Å²) in [4.78, 5) is 0. The molecule has 0 unspecified atom stereocenters. The molecule has 0 radical (unpaired) electrons. The summed E-state index contributed by atoms with van der Waals surface area (Å²) in [5.74, 6) is 1.59. The quantitative estimate of drug-likeness (QED) is 0.678. The van der Waals surface area contributed by atoms with Gasteiger partial charge in [0, 0.05) is 14.1 Å². The Balaban J connectivity index is 1.95. The third-order valence-electron chi connectivity index (χ3n) is 5.43. The zero-order valence-corrected chi connectivity index (χ0v) is 16.1. The molecule has 128 valence electrons. The topological polar surface area (TPSA) is 3.24 Å². The number of nitrogens with zero attached hydrogens (tertiary/aromatic N) is 1. The molecule has 0 spiro atoms. The maximum absolute atomic E-state index is 2.73. The lowest BCUT2D eigenvalue weighted by molar-refractivity contribution is 0.162. The van der Waals surface area contributed by atoms with Gasteiger partial charge in [-0.05, 0) is 42.3 Å². The van der Waals surface area contributed by atoms with Crippen LogP contribution in [0.4, 0.5) is 0 Å². The summed E-state index contributed by atoms with van der Waals surface area (Å²) in [6.07, 6.45) is 5.52. The Morgan fingerprint density at radius 2 is 1.33 bits per heavy atom. The lowest BCUT2D eigenvalue weighted by Crippen LogP contribution is -2.42. The Bertz CT molecular complexity index is 571. The van der Waals surface area contributed by atoms with Crippen molar-refractivity contribution in [2.45, 2.75) is 45.6 Å². The second-order valence-electron chi connectivity index (χ2n) is 7.32. The van der Waals surface area contributed by atoms with Crippen molar-refractivity contribution in [1.29, 1.82) is 0 Å². The molecule has 0 aromatic heterocycles. The average molecular weight is 339 g/mol. The first-order chi connectivity index (χ1) is 11.7. The van der Waals surface area contributed by atoms with Gasteiger partial charge in [0.2, 0.25) is 0 Å². The standard InChI is InChI=1S/C22H30NP/c1-18(2)21-16-10-11-17-22(21)23(3)24(19-12-6-4-7-13-19)20-14-8-5-9-15-20/h4-9,12-15,18,21-22H,10-11,16-17H2,1-3H3/t21-,22+/m0/s1. The van der Waals surface area contributed by atoms with E-state index >= 15 is 0 Å². The molecule has 1 fully saturated rings. The summed E-state index contributed by atoms with van der Waals surface area (Å²) in [6, 6.07) is 22.9. The molecule has 2 aromatic carbocycles. The van der Waals surface area contributed by atoms with Crippen molar-refractivity contribution in [2.24, 2.45) is 11.8 Å². The van der Waals surface area contributed by atoms with E-state index < -0.39 is 8.07 Å². The monoisotopic (exact) mass is 339 g/mol. The third-order valence-corrected chi connectivity index (χ3v) is 7.94. The van der Waals surface area contributed by atoms with Crippen LogP contribution in [0.3, 0.4) is 0 Å². The van der Waals surface area contributed by atoms with Crippen molar-refractivity contribution in [3.05, 3.63) is 60.7 Å². The van der Waals surface area contributed by atoms with Crippen molar-refractivity contribution in [3.63, 3.8) is 0 Å². The summed E-state index contributed by atoms with van der Waals surface area (Å²) in [5.41, 5.74) is 0. The lowest BCUT2D eigenvalue weighted by atomic mass is 9.78. The molecule has 0 N–H and O–H groups in total. The van der Waals surface area contributed by atoms with Gasteiger partial charge in [0.15, 0.2) is 0 Å². The van der Waals surface area contributed by atoms with Gasteiger partial charge in [-0.1, -0.05) is 87.4 Å². The highest BCUT2D eigenvalue weighted by Gasteiger charge is 2.34. The molecule has 0 bridgehead atoms. The van der Waals surface area contributed by atoms with E-state index in [2.05, 4.69) is 86.2 Å². The minimum atomic E-state index is -0.453. The number of rotatable bonds is 5. The zero-order valence-electron chi connectivity index (χ0n) is 15.2. The van der Waals surface area contributed by atoms with Gasteiger partial charge in [-0.15, -0.1) is 0 Å².